The smallest absolute Gasteiger partial charge is 0.221 e. The highest BCUT2D eigenvalue weighted by Gasteiger charge is 2.10. The fourth-order valence-corrected chi connectivity index (χ4v) is 1.94. The third-order valence-electron chi connectivity index (χ3n) is 2.72. The summed E-state index contributed by atoms with van der Waals surface area (Å²) in [6, 6.07) is 17.0. The van der Waals surface area contributed by atoms with Crippen molar-refractivity contribution in [1.82, 2.24) is 0 Å². The number of nitrogens with two attached hydrogens (primary N) is 1. The van der Waals surface area contributed by atoms with Crippen molar-refractivity contribution < 1.29 is 4.79 Å². The average Bonchev–Trinajstić information content (AvgIpc) is 2.39. The van der Waals surface area contributed by atoms with Crippen molar-refractivity contribution in [2.75, 3.05) is 0 Å². The van der Waals surface area contributed by atoms with Crippen LogP contribution in [0.5, 0.6) is 0 Å². The van der Waals surface area contributed by atoms with Crippen LogP contribution in [-0.4, -0.2) is 5.91 Å². The third-order valence-corrected chi connectivity index (χ3v) is 2.72. The molecule has 0 unspecified atom stereocenters. The third kappa shape index (κ3) is 2.38. The molecule has 3 nitrogen and oxygen atoms in total. The molecule has 0 aliphatic heterocycles. The summed E-state index contributed by atoms with van der Waals surface area (Å²) in [5.41, 5.74) is 8.38. The number of carbonyl (C=O) groups is 1. The van der Waals surface area contributed by atoms with E-state index in [1.807, 2.05) is 42.5 Å². The quantitative estimate of drug-likeness (QED) is 0.888. The molecule has 0 fully saturated rings. The van der Waals surface area contributed by atoms with Crippen LogP contribution in [0.3, 0.4) is 0 Å². The monoisotopic (exact) mass is 236 g/mol. The summed E-state index contributed by atoms with van der Waals surface area (Å²) in [4.78, 5) is 11.1. The zero-order valence-electron chi connectivity index (χ0n) is 9.76. The van der Waals surface area contributed by atoms with Gasteiger partial charge in [0.15, 0.2) is 0 Å². The van der Waals surface area contributed by atoms with Gasteiger partial charge in [0, 0.05) is 0 Å². The van der Waals surface area contributed by atoms with E-state index in [4.69, 9.17) is 11.0 Å². The Kier molecular flexibility index (Phi) is 3.40. The zero-order valence-corrected chi connectivity index (χ0v) is 9.76. The zero-order chi connectivity index (χ0) is 13.0. The first-order chi connectivity index (χ1) is 8.72. The Hall–Kier alpha value is -2.60. The number of nitriles is 1. The van der Waals surface area contributed by atoms with Gasteiger partial charge in [0.05, 0.1) is 18.1 Å². The largest absolute Gasteiger partial charge is 0.369 e. The highest BCUT2D eigenvalue weighted by Crippen LogP contribution is 2.26. The van der Waals surface area contributed by atoms with Crippen LogP contribution < -0.4 is 5.73 Å². The number of amides is 1. The topological polar surface area (TPSA) is 66.9 Å². The van der Waals surface area contributed by atoms with Crippen molar-refractivity contribution in [3.8, 4) is 17.2 Å². The van der Waals surface area contributed by atoms with E-state index in [0.29, 0.717) is 5.56 Å². The lowest BCUT2D eigenvalue weighted by atomic mass is 9.94. The lowest BCUT2D eigenvalue weighted by Gasteiger charge is -2.09. The predicted molar refractivity (Wildman–Crippen MR) is 69.5 cm³/mol. The van der Waals surface area contributed by atoms with E-state index in [2.05, 4.69) is 6.07 Å². The molecular formula is C15H12N2O. The van der Waals surface area contributed by atoms with Gasteiger partial charge in [0.25, 0.3) is 0 Å². The lowest BCUT2D eigenvalue weighted by Crippen LogP contribution is -2.14. The summed E-state index contributed by atoms with van der Waals surface area (Å²) < 4.78 is 0. The van der Waals surface area contributed by atoms with Crippen LogP contribution in [0.4, 0.5) is 0 Å². The van der Waals surface area contributed by atoms with Crippen LogP contribution in [0.25, 0.3) is 11.1 Å². The molecule has 0 radical (unpaired) electrons. The SMILES string of the molecule is N#Cc1ccccc1-c1ccccc1CC(N)=O. The molecule has 0 saturated carbocycles. The minimum absolute atomic E-state index is 0.177. The first kappa shape index (κ1) is 11.9. The van der Waals surface area contributed by atoms with Crippen LogP contribution in [0.1, 0.15) is 11.1 Å². The second-order valence-corrected chi connectivity index (χ2v) is 3.96. The molecule has 0 spiro atoms. The number of rotatable bonds is 3. The minimum atomic E-state index is -0.378. The maximum atomic E-state index is 11.1. The molecule has 0 atom stereocenters. The number of carbonyl (C=O) groups excluding carboxylic acids is 1. The van der Waals surface area contributed by atoms with Gasteiger partial charge in [-0.05, 0) is 22.8 Å². The van der Waals surface area contributed by atoms with Crippen LogP contribution in [0.2, 0.25) is 0 Å². The number of hydrogen-bond acceptors (Lipinski definition) is 2. The van der Waals surface area contributed by atoms with Gasteiger partial charge < -0.3 is 5.73 Å². The molecule has 2 aromatic carbocycles. The standard InChI is InChI=1S/C15H12N2O/c16-10-12-6-2-4-8-14(12)13-7-3-1-5-11(13)9-15(17)18/h1-8H,9H2,(H2,17,18). The van der Waals surface area contributed by atoms with Gasteiger partial charge in [0.2, 0.25) is 5.91 Å². The van der Waals surface area contributed by atoms with E-state index in [9.17, 15) is 4.79 Å². The van der Waals surface area contributed by atoms with Crippen molar-refractivity contribution >= 4 is 5.91 Å². The van der Waals surface area contributed by atoms with Gasteiger partial charge in [-0.15, -0.1) is 0 Å². The number of benzene rings is 2. The highest BCUT2D eigenvalue weighted by molar-refractivity contribution is 5.81. The Labute approximate surface area is 105 Å². The van der Waals surface area contributed by atoms with E-state index in [1.165, 1.54) is 0 Å². The molecule has 2 N–H and O–H groups in total. The molecule has 0 saturated heterocycles. The highest BCUT2D eigenvalue weighted by atomic mass is 16.1. The summed E-state index contributed by atoms with van der Waals surface area (Å²) in [5, 5.41) is 9.11. The van der Waals surface area contributed by atoms with Gasteiger partial charge >= 0.3 is 0 Å². The van der Waals surface area contributed by atoms with E-state index in [1.54, 1.807) is 6.07 Å². The van der Waals surface area contributed by atoms with Gasteiger partial charge in [-0.25, -0.2) is 0 Å². The second-order valence-electron chi connectivity index (χ2n) is 3.96. The van der Waals surface area contributed by atoms with E-state index in [-0.39, 0.29) is 12.3 Å². The summed E-state index contributed by atoms with van der Waals surface area (Å²) in [7, 11) is 0. The van der Waals surface area contributed by atoms with Crippen LogP contribution >= 0.6 is 0 Å². The van der Waals surface area contributed by atoms with Crippen molar-refractivity contribution in [3.63, 3.8) is 0 Å². The maximum Gasteiger partial charge on any atom is 0.221 e. The molecule has 0 heterocycles. The summed E-state index contributed by atoms with van der Waals surface area (Å²) in [6.07, 6.45) is 0.177. The maximum absolute atomic E-state index is 11.1. The normalized spacial score (nSPS) is 9.72. The molecule has 1 amide bonds. The predicted octanol–water partition coefficient (Wildman–Crippen LogP) is 2.25. The molecule has 3 heteroatoms. The fourth-order valence-electron chi connectivity index (χ4n) is 1.94. The van der Waals surface area contributed by atoms with E-state index >= 15 is 0 Å². The molecule has 0 aliphatic rings. The Morgan fingerprint density at radius 3 is 2.33 bits per heavy atom. The molecule has 88 valence electrons. The first-order valence-electron chi connectivity index (χ1n) is 5.58. The first-order valence-corrected chi connectivity index (χ1v) is 5.58. The molecular weight excluding hydrogens is 224 g/mol. The van der Waals surface area contributed by atoms with Crippen molar-refractivity contribution in [2.24, 2.45) is 5.73 Å². The molecule has 0 aliphatic carbocycles. The minimum Gasteiger partial charge on any atom is -0.369 e. The Morgan fingerprint density at radius 2 is 1.67 bits per heavy atom. The summed E-state index contributed by atoms with van der Waals surface area (Å²) in [6.45, 7) is 0. The van der Waals surface area contributed by atoms with Gasteiger partial charge in [0.1, 0.15) is 0 Å². The molecule has 0 bridgehead atoms. The number of primary amides is 1. The second kappa shape index (κ2) is 5.15. The van der Waals surface area contributed by atoms with Crippen LogP contribution in [-0.2, 0) is 11.2 Å². The summed E-state index contributed by atoms with van der Waals surface area (Å²) >= 11 is 0. The van der Waals surface area contributed by atoms with Crippen LogP contribution in [0, 0.1) is 11.3 Å². The van der Waals surface area contributed by atoms with Gasteiger partial charge in [-0.3, -0.25) is 4.79 Å². The Morgan fingerprint density at radius 1 is 1.06 bits per heavy atom. The fraction of sp³-hybridized carbons (Fsp3) is 0.0667. The van der Waals surface area contributed by atoms with Gasteiger partial charge in [-0.1, -0.05) is 42.5 Å². The van der Waals surface area contributed by atoms with Crippen molar-refractivity contribution in [1.29, 1.82) is 5.26 Å². The molecule has 2 rings (SSSR count). The molecule has 0 aromatic heterocycles. The number of nitrogens with zero attached hydrogens (tertiary/aromatic N) is 1. The van der Waals surface area contributed by atoms with Crippen molar-refractivity contribution in [2.45, 2.75) is 6.42 Å². The Bertz CT molecular complexity index is 626. The van der Waals surface area contributed by atoms with E-state index in [0.717, 1.165) is 16.7 Å². The number of hydrogen-bond donors (Lipinski definition) is 1. The van der Waals surface area contributed by atoms with Gasteiger partial charge in [-0.2, -0.15) is 5.26 Å². The molecule has 18 heavy (non-hydrogen) atoms. The molecule has 2 aromatic rings. The average molecular weight is 236 g/mol. The summed E-state index contributed by atoms with van der Waals surface area (Å²) in [5.74, 6) is -0.378. The lowest BCUT2D eigenvalue weighted by molar-refractivity contribution is -0.117. The van der Waals surface area contributed by atoms with E-state index < -0.39 is 0 Å². The Balaban J connectivity index is 2.57. The van der Waals surface area contributed by atoms with Crippen LogP contribution in [0.15, 0.2) is 48.5 Å². The van der Waals surface area contributed by atoms with Crippen molar-refractivity contribution in [3.05, 3.63) is 59.7 Å².